The van der Waals surface area contributed by atoms with Crippen LogP contribution in [0.25, 0.3) is 0 Å². The normalized spacial score (nSPS) is 20.1. The number of anilines is 1. The molecule has 2 aliphatic heterocycles. The summed E-state index contributed by atoms with van der Waals surface area (Å²) in [5, 5.41) is 7.05. The van der Waals surface area contributed by atoms with E-state index in [0.717, 1.165) is 65.0 Å². The van der Waals surface area contributed by atoms with Crippen LogP contribution >= 0.6 is 0 Å². The molecule has 2 heterocycles. The van der Waals surface area contributed by atoms with Crippen LogP contribution in [0.4, 0.5) is 5.69 Å². The Labute approximate surface area is 186 Å². The molecule has 6 nitrogen and oxygen atoms in total. The molecular formula is C25H35N5O. The number of nitrogens with one attached hydrogen (secondary N) is 2. The number of hydrogen-bond acceptors (Lipinski definition) is 4. The van der Waals surface area contributed by atoms with Gasteiger partial charge in [-0.3, -0.25) is 9.89 Å². The van der Waals surface area contributed by atoms with Gasteiger partial charge < -0.3 is 20.3 Å². The maximum atomic E-state index is 5.48. The van der Waals surface area contributed by atoms with E-state index in [1.54, 1.807) is 0 Å². The van der Waals surface area contributed by atoms with Gasteiger partial charge in [-0.25, -0.2) is 0 Å². The largest absolute Gasteiger partial charge is 0.379 e. The van der Waals surface area contributed by atoms with Gasteiger partial charge in [0.2, 0.25) is 0 Å². The van der Waals surface area contributed by atoms with E-state index >= 15 is 0 Å². The van der Waals surface area contributed by atoms with Gasteiger partial charge in [-0.15, -0.1) is 0 Å². The third-order valence-electron chi connectivity index (χ3n) is 6.25. The summed E-state index contributed by atoms with van der Waals surface area (Å²) in [5.41, 5.74) is 4.03. The Morgan fingerprint density at radius 2 is 1.71 bits per heavy atom. The summed E-state index contributed by atoms with van der Waals surface area (Å²) in [6, 6.07) is 19.4. The molecule has 2 fully saturated rings. The second-order valence-corrected chi connectivity index (χ2v) is 8.40. The number of nitrogens with zero attached hydrogens (tertiary/aromatic N) is 3. The van der Waals surface area contributed by atoms with Gasteiger partial charge in [-0.1, -0.05) is 42.5 Å². The summed E-state index contributed by atoms with van der Waals surface area (Å²) < 4.78 is 5.48. The molecule has 0 saturated carbocycles. The molecule has 2 aromatic carbocycles. The van der Waals surface area contributed by atoms with Crippen LogP contribution in [-0.4, -0.2) is 63.8 Å². The van der Waals surface area contributed by atoms with E-state index in [9.17, 15) is 0 Å². The van der Waals surface area contributed by atoms with Crippen LogP contribution in [0.15, 0.2) is 59.6 Å². The molecule has 0 bridgehead atoms. The molecule has 166 valence electrons. The second-order valence-electron chi connectivity index (χ2n) is 8.40. The Kier molecular flexibility index (Phi) is 7.80. The number of para-hydroxylation sites is 1. The number of hydrogen-bond donors (Lipinski definition) is 2. The van der Waals surface area contributed by atoms with Crippen LogP contribution in [0.2, 0.25) is 0 Å². The maximum absolute atomic E-state index is 5.48. The smallest absolute Gasteiger partial charge is 0.191 e. The van der Waals surface area contributed by atoms with Gasteiger partial charge >= 0.3 is 0 Å². The number of rotatable bonds is 7. The Hall–Kier alpha value is -2.57. The zero-order chi connectivity index (χ0) is 21.3. The van der Waals surface area contributed by atoms with Crippen LogP contribution in [0, 0.1) is 5.92 Å². The molecule has 2 saturated heterocycles. The summed E-state index contributed by atoms with van der Waals surface area (Å²) in [6.45, 7) is 8.59. The highest BCUT2D eigenvalue weighted by Crippen LogP contribution is 2.23. The Balaban J connectivity index is 1.25. The first-order valence-electron chi connectivity index (χ1n) is 11.4. The number of guanidine groups is 1. The van der Waals surface area contributed by atoms with Crippen molar-refractivity contribution >= 4 is 11.6 Å². The zero-order valence-corrected chi connectivity index (χ0v) is 18.6. The van der Waals surface area contributed by atoms with Crippen LogP contribution in [0.1, 0.15) is 17.5 Å². The van der Waals surface area contributed by atoms with Crippen molar-refractivity contribution in [2.24, 2.45) is 10.9 Å². The van der Waals surface area contributed by atoms with Crippen LogP contribution in [0.3, 0.4) is 0 Å². The van der Waals surface area contributed by atoms with E-state index in [1.807, 2.05) is 7.05 Å². The van der Waals surface area contributed by atoms with Crippen LogP contribution in [-0.2, 0) is 17.8 Å². The van der Waals surface area contributed by atoms with E-state index < -0.39 is 0 Å². The predicted molar refractivity (Wildman–Crippen MR) is 128 cm³/mol. The van der Waals surface area contributed by atoms with E-state index in [4.69, 9.17) is 4.74 Å². The SMILES string of the molecule is CN=C(NCc1ccccc1CN1CCOCC1)NCC1CCN(c2ccccc2)C1. The summed E-state index contributed by atoms with van der Waals surface area (Å²) in [5.74, 6) is 1.51. The molecule has 0 radical (unpaired) electrons. The van der Waals surface area contributed by atoms with Gasteiger partial charge in [-0.05, 0) is 35.6 Å². The van der Waals surface area contributed by atoms with Gasteiger partial charge in [0.05, 0.1) is 13.2 Å². The van der Waals surface area contributed by atoms with Crippen molar-refractivity contribution in [3.05, 3.63) is 65.7 Å². The molecule has 1 atom stereocenters. The summed E-state index contributed by atoms with van der Waals surface area (Å²) in [6.07, 6.45) is 1.21. The minimum atomic E-state index is 0.632. The lowest BCUT2D eigenvalue weighted by atomic mass is 10.1. The molecule has 31 heavy (non-hydrogen) atoms. The molecule has 2 aromatic rings. The van der Waals surface area contributed by atoms with Crippen molar-refractivity contribution in [1.29, 1.82) is 0 Å². The second kappa shape index (κ2) is 11.2. The van der Waals surface area contributed by atoms with Gasteiger partial charge in [0, 0.05) is 58.5 Å². The number of morpholine rings is 1. The van der Waals surface area contributed by atoms with Crippen molar-refractivity contribution in [2.75, 3.05) is 57.9 Å². The average Bonchev–Trinajstić information content (AvgIpc) is 3.30. The summed E-state index contributed by atoms with van der Waals surface area (Å²) in [4.78, 5) is 9.38. The lowest BCUT2D eigenvalue weighted by Gasteiger charge is -2.27. The van der Waals surface area contributed by atoms with Crippen molar-refractivity contribution in [2.45, 2.75) is 19.5 Å². The monoisotopic (exact) mass is 421 g/mol. The third-order valence-corrected chi connectivity index (χ3v) is 6.25. The standard InChI is InChI=1S/C25H35N5O/c1-26-25(27-17-21-11-12-30(19-21)24-9-3-2-4-10-24)28-18-22-7-5-6-8-23(22)20-29-13-15-31-16-14-29/h2-10,21H,11-20H2,1H3,(H2,26,27,28). The van der Waals surface area contributed by atoms with Gasteiger partial charge in [0.1, 0.15) is 0 Å². The van der Waals surface area contributed by atoms with E-state index in [2.05, 4.69) is 80.0 Å². The first kappa shape index (κ1) is 21.7. The molecule has 0 spiro atoms. The van der Waals surface area contributed by atoms with Crippen molar-refractivity contribution in [1.82, 2.24) is 15.5 Å². The number of ether oxygens (including phenoxy) is 1. The Morgan fingerprint density at radius 3 is 2.48 bits per heavy atom. The summed E-state index contributed by atoms with van der Waals surface area (Å²) in [7, 11) is 1.85. The molecule has 0 aliphatic carbocycles. The highest BCUT2D eigenvalue weighted by molar-refractivity contribution is 5.79. The lowest BCUT2D eigenvalue weighted by molar-refractivity contribution is 0.0341. The Bertz CT molecular complexity index is 835. The average molecular weight is 422 g/mol. The predicted octanol–water partition coefficient (Wildman–Crippen LogP) is 2.71. The van der Waals surface area contributed by atoms with E-state index in [-0.39, 0.29) is 0 Å². The quantitative estimate of drug-likeness (QED) is 0.532. The fourth-order valence-corrected chi connectivity index (χ4v) is 4.40. The van der Waals surface area contributed by atoms with Gasteiger partial charge in [-0.2, -0.15) is 0 Å². The fraction of sp³-hybridized carbons (Fsp3) is 0.480. The van der Waals surface area contributed by atoms with Gasteiger partial charge in [0.15, 0.2) is 5.96 Å². The van der Waals surface area contributed by atoms with Crippen LogP contribution in [0.5, 0.6) is 0 Å². The number of aliphatic imine (C=N–C) groups is 1. The molecule has 6 heteroatoms. The maximum Gasteiger partial charge on any atom is 0.191 e. The first-order chi connectivity index (χ1) is 15.3. The minimum absolute atomic E-state index is 0.632. The van der Waals surface area contributed by atoms with Crippen LogP contribution < -0.4 is 15.5 Å². The van der Waals surface area contributed by atoms with E-state index in [0.29, 0.717) is 5.92 Å². The van der Waals surface area contributed by atoms with E-state index in [1.165, 1.54) is 23.2 Å². The highest BCUT2D eigenvalue weighted by Gasteiger charge is 2.22. The number of benzene rings is 2. The fourth-order valence-electron chi connectivity index (χ4n) is 4.40. The molecular weight excluding hydrogens is 386 g/mol. The summed E-state index contributed by atoms with van der Waals surface area (Å²) >= 11 is 0. The molecule has 0 aromatic heterocycles. The highest BCUT2D eigenvalue weighted by atomic mass is 16.5. The van der Waals surface area contributed by atoms with Gasteiger partial charge in [0.25, 0.3) is 0 Å². The molecule has 1 unspecified atom stereocenters. The van der Waals surface area contributed by atoms with Crippen molar-refractivity contribution < 1.29 is 4.74 Å². The van der Waals surface area contributed by atoms with Crippen molar-refractivity contribution in [3.63, 3.8) is 0 Å². The Morgan fingerprint density at radius 1 is 0.968 bits per heavy atom. The lowest BCUT2D eigenvalue weighted by Crippen LogP contribution is -2.40. The van der Waals surface area contributed by atoms with Crippen molar-refractivity contribution in [3.8, 4) is 0 Å². The molecule has 0 amide bonds. The molecule has 2 aliphatic rings. The molecule has 2 N–H and O–H groups in total. The third kappa shape index (κ3) is 6.21. The topological polar surface area (TPSA) is 52.1 Å². The minimum Gasteiger partial charge on any atom is -0.379 e. The first-order valence-corrected chi connectivity index (χ1v) is 11.4. The molecule has 4 rings (SSSR count). The zero-order valence-electron chi connectivity index (χ0n) is 18.6.